The van der Waals surface area contributed by atoms with Crippen LogP contribution in [-0.4, -0.2) is 11.8 Å². The molecule has 0 aromatic heterocycles. The molecule has 2 amide bonds. The summed E-state index contributed by atoms with van der Waals surface area (Å²) < 4.78 is 5.83. The van der Waals surface area contributed by atoms with Crippen molar-refractivity contribution in [2.45, 2.75) is 13.5 Å². The van der Waals surface area contributed by atoms with E-state index in [1.807, 2.05) is 73.7 Å². The normalized spacial score (nSPS) is 10.3. The average Bonchev–Trinajstić information content (AvgIpc) is 2.85. The molecule has 0 aliphatic rings. The van der Waals surface area contributed by atoms with Gasteiger partial charge in [-0.05, 0) is 60.5 Å². The van der Waals surface area contributed by atoms with Crippen LogP contribution in [0.4, 0.5) is 11.4 Å². The third kappa shape index (κ3) is 5.66. The van der Waals surface area contributed by atoms with Gasteiger partial charge in [0.2, 0.25) is 0 Å². The van der Waals surface area contributed by atoms with Crippen LogP contribution in [-0.2, 0) is 6.61 Å². The SMILES string of the molecule is Cc1c(NC(=O)c2cccc(OCc3ccccc3)c2)cccc1C(=O)Nc1ccccc1. The Labute approximate surface area is 193 Å². The highest BCUT2D eigenvalue weighted by Crippen LogP contribution is 2.22. The molecule has 2 N–H and O–H groups in total. The molecule has 33 heavy (non-hydrogen) atoms. The molecular formula is C28H24N2O3. The van der Waals surface area contributed by atoms with Crippen molar-refractivity contribution in [2.75, 3.05) is 10.6 Å². The summed E-state index contributed by atoms with van der Waals surface area (Å²) in [4.78, 5) is 25.6. The minimum absolute atomic E-state index is 0.230. The van der Waals surface area contributed by atoms with Crippen LogP contribution in [0.15, 0.2) is 103 Å². The molecule has 0 atom stereocenters. The molecule has 0 bridgehead atoms. The van der Waals surface area contributed by atoms with E-state index in [1.54, 1.807) is 36.4 Å². The lowest BCUT2D eigenvalue weighted by Crippen LogP contribution is -2.17. The Bertz CT molecular complexity index is 1250. The van der Waals surface area contributed by atoms with Gasteiger partial charge in [-0.15, -0.1) is 0 Å². The van der Waals surface area contributed by atoms with Crippen molar-refractivity contribution in [1.29, 1.82) is 0 Å². The van der Waals surface area contributed by atoms with Gasteiger partial charge >= 0.3 is 0 Å². The zero-order chi connectivity index (χ0) is 23.0. The lowest BCUT2D eigenvalue weighted by atomic mass is 10.1. The second kappa shape index (κ2) is 10.3. The molecular weight excluding hydrogens is 412 g/mol. The molecule has 0 heterocycles. The number of benzene rings is 4. The molecule has 0 aliphatic heterocycles. The van der Waals surface area contributed by atoms with Crippen molar-refractivity contribution < 1.29 is 14.3 Å². The number of amides is 2. The monoisotopic (exact) mass is 436 g/mol. The number of ether oxygens (including phenoxy) is 1. The lowest BCUT2D eigenvalue weighted by molar-refractivity contribution is 0.101. The summed E-state index contributed by atoms with van der Waals surface area (Å²) in [6.07, 6.45) is 0. The molecule has 4 aromatic rings. The first-order chi connectivity index (χ1) is 16.1. The van der Waals surface area contributed by atoms with Crippen LogP contribution in [0.1, 0.15) is 31.8 Å². The van der Waals surface area contributed by atoms with Gasteiger partial charge in [0.05, 0.1) is 0 Å². The van der Waals surface area contributed by atoms with Crippen LogP contribution in [0, 0.1) is 6.92 Å². The van der Waals surface area contributed by atoms with E-state index >= 15 is 0 Å². The van der Waals surface area contributed by atoms with E-state index in [-0.39, 0.29) is 11.8 Å². The van der Waals surface area contributed by atoms with Crippen LogP contribution in [0.25, 0.3) is 0 Å². The Hall–Kier alpha value is -4.38. The summed E-state index contributed by atoms with van der Waals surface area (Å²) in [5.41, 5.74) is 4.00. The number of carbonyl (C=O) groups excluding carboxylic acids is 2. The summed E-state index contributed by atoms with van der Waals surface area (Å²) in [5.74, 6) is 0.106. The molecule has 0 saturated heterocycles. The van der Waals surface area contributed by atoms with Crippen molar-refractivity contribution in [3.05, 3.63) is 125 Å². The van der Waals surface area contributed by atoms with Crippen LogP contribution >= 0.6 is 0 Å². The molecule has 5 heteroatoms. The predicted octanol–water partition coefficient (Wildman–Crippen LogP) is 6.08. The fourth-order valence-electron chi connectivity index (χ4n) is 3.40. The van der Waals surface area contributed by atoms with Crippen molar-refractivity contribution >= 4 is 23.2 Å². The van der Waals surface area contributed by atoms with Crippen molar-refractivity contribution in [1.82, 2.24) is 0 Å². The van der Waals surface area contributed by atoms with Gasteiger partial charge in [0, 0.05) is 22.5 Å². The lowest BCUT2D eigenvalue weighted by Gasteiger charge is -2.13. The van der Waals surface area contributed by atoms with Gasteiger partial charge in [-0.2, -0.15) is 0 Å². The molecule has 164 valence electrons. The molecule has 4 aromatic carbocycles. The maximum atomic E-state index is 12.9. The molecule has 0 unspecified atom stereocenters. The molecule has 0 radical (unpaired) electrons. The van der Waals surface area contributed by atoms with Crippen molar-refractivity contribution in [3.8, 4) is 5.75 Å². The zero-order valence-electron chi connectivity index (χ0n) is 18.2. The van der Waals surface area contributed by atoms with Gasteiger partial charge in [-0.1, -0.05) is 60.7 Å². The van der Waals surface area contributed by atoms with Gasteiger partial charge in [0.1, 0.15) is 12.4 Å². The highest BCUT2D eigenvalue weighted by atomic mass is 16.5. The number of hydrogen-bond donors (Lipinski definition) is 2. The van der Waals surface area contributed by atoms with Gasteiger partial charge in [-0.25, -0.2) is 0 Å². The Balaban J connectivity index is 1.45. The third-order valence-corrected chi connectivity index (χ3v) is 5.20. The summed E-state index contributed by atoms with van der Waals surface area (Å²) in [6, 6.07) is 31.4. The highest BCUT2D eigenvalue weighted by molar-refractivity contribution is 6.08. The van der Waals surface area contributed by atoms with E-state index in [1.165, 1.54) is 0 Å². The number of carbonyl (C=O) groups is 2. The highest BCUT2D eigenvalue weighted by Gasteiger charge is 2.15. The maximum absolute atomic E-state index is 12.9. The third-order valence-electron chi connectivity index (χ3n) is 5.20. The standard InChI is InChI=1S/C28H24N2O3/c1-20-25(28(32)29-23-13-6-3-7-14-23)16-9-17-26(20)30-27(31)22-12-8-15-24(18-22)33-19-21-10-4-2-5-11-21/h2-18H,19H2,1H3,(H,29,32)(H,30,31). The second-order valence-corrected chi connectivity index (χ2v) is 7.55. The fourth-order valence-corrected chi connectivity index (χ4v) is 3.40. The van der Waals surface area contributed by atoms with Gasteiger partial charge in [-0.3, -0.25) is 9.59 Å². The molecule has 5 nitrogen and oxygen atoms in total. The Morgan fingerprint density at radius 1 is 0.727 bits per heavy atom. The summed E-state index contributed by atoms with van der Waals surface area (Å²) in [5, 5.41) is 5.79. The van der Waals surface area contributed by atoms with Crippen LogP contribution in [0.5, 0.6) is 5.75 Å². The molecule has 0 saturated carbocycles. The van der Waals surface area contributed by atoms with E-state index in [2.05, 4.69) is 10.6 Å². The molecule has 4 rings (SSSR count). The number of hydrogen-bond acceptors (Lipinski definition) is 3. The Morgan fingerprint density at radius 3 is 2.18 bits per heavy atom. The average molecular weight is 437 g/mol. The molecule has 0 spiro atoms. The predicted molar refractivity (Wildman–Crippen MR) is 131 cm³/mol. The zero-order valence-corrected chi connectivity index (χ0v) is 18.2. The van der Waals surface area contributed by atoms with Gasteiger partial charge in [0.15, 0.2) is 0 Å². The fraction of sp³-hybridized carbons (Fsp3) is 0.0714. The van der Waals surface area contributed by atoms with Crippen LogP contribution in [0.3, 0.4) is 0 Å². The Morgan fingerprint density at radius 2 is 1.42 bits per heavy atom. The smallest absolute Gasteiger partial charge is 0.256 e. The first-order valence-electron chi connectivity index (χ1n) is 10.6. The number of para-hydroxylation sites is 1. The first-order valence-corrected chi connectivity index (χ1v) is 10.6. The molecule has 0 fully saturated rings. The van der Waals surface area contributed by atoms with E-state index in [0.717, 1.165) is 5.56 Å². The largest absolute Gasteiger partial charge is 0.489 e. The van der Waals surface area contributed by atoms with Crippen molar-refractivity contribution in [3.63, 3.8) is 0 Å². The van der Waals surface area contributed by atoms with E-state index in [9.17, 15) is 9.59 Å². The minimum Gasteiger partial charge on any atom is -0.489 e. The minimum atomic E-state index is -0.274. The summed E-state index contributed by atoms with van der Waals surface area (Å²) >= 11 is 0. The van der Waals surface area contributed by atoms with E-state index in [4.69, 9.17) is 4.74 Å². The molecule has 0 aliphatic carbocycles. The number of nitrogens with one attached hydrogen (secondary N) is 2. The summed E-state index contributed by atoms with van der Waals surface area (Å²) in [7, 11) is 0. The quantitative estimate of drug-likeness (QED) is 0.369. The second-order valence-electron chi connectivity index (χ2n) is 7.55. The number of anilines is 2. The van der Waals surface area contributed by atoms with Crippen LogP contribution in [0.2, 0.25) is 0 Å². The van der Waals surface area contributed by atoms with E-state index in [0.29, 0.717) is 40.4 Å². The van der Waals surface area contributed by atoms with Crippen LogP contribution < -0.4 is 15.4 Å². The first kappa shape index (κ1) is 21.8. The topological polar surface area (TPSA) is 67.4 Å². The van der Waals surface area contributed by atoms with E-state index < -0.39 is 0 Å². The van der Waals surface area contributed by atoms with Gasteiger partial charge in [0.25, 0.3) is 11.8 Å². The van der Waals surface area contributed by atoms with Crippen molar-refractivity contribution in [2.24, 2.45) is 0 Å². The van der Waals surface area contributed by atoms with Gasteiger partial charge < -0.3 is 15.4 Å². The number of rotatable bonds is 7. The maximum Gasteiger partial charge on any atom is 0.256 e. The Kier molecular flexibility index (Phi) is 6.81. The summed E-state index contributed by atoms with van der Waals surface area (Å²) in [6.45, 7) is 2.23.